The Balaban J connectivity index is 2.00. The van der Waals surface area contributed by atoms with Gasteiger partial charge in [0.05, 0.1) is 22.3 Å². The molecule has 0 radical (unpaired) electrons. The highest BCUT2D eigenvalue weighted by Crippen LogP contribution is 2.31. The van der Waals surface area contributed by atoms with Crippen LogP contribution in [0.3, 0.4) is 0 Å². The zero-order valence-electron chi connectivity index (χ0n) is 13.9. The lowest BCUT2D eigenvalue weighted by atomic mass is 10.00. The number of pyridine rings is 1. The number of rotatable bonds is 5. The molecule has 1 unspecified atom stereocenters. The first kappa shape index (κ1) is 16.3. The topological polar surface area (TPSA) is 71.6 Å². The molecule has 5 nitrogen and oxygen atoms in total. The van der Waals surface area contributed by atoms with Gasteiger partial charge in [0.2, 0.25) is 0 Å². The van der Waals surface area contributed by atoms with Gasteiger partial charge in [-0.1, -0.05) is 19.9 Å². The number of carbonyl (C=O) groups is 1. The molecular formula is C18H18N4OS. The number of nitrogens with zero attached hydrogens (tertiary/aromatic N) is 4. The fraction of sp³-hybridized carbons (Fsp3) is 0.333. The van der Waals surface area contributed by atoms with Crippen molar-refractivity contribution in [3.05, 3.63) is 46.7 Å². The molecule has 0 fully saturated rings. The van der Waals surface area contributed by atoms with E-state index in [4.69, 9.17) is 0 Å². The van der Waals surface area contributed by atoms with Crippen molar-refractivity contribution in [3.8, 4) is 6.07 Å². The summed E-state index contributed by atoms with van der Waals surface area (Å²) in [6, 6.07) is 9.21. The molecule has 3 rings (SSSR count). The normalized spacial score (nSPS) is 12.5. The van der Waals surface area contributed by atoms with E-state index in [2.05, 4.69) is 30.0 Å². The molecule has 1 atom stereocenters. The molecule has 0 N–H and O–H groups in total. The Morgan fingerprint density at radius 3 is 2.83 bits per heavy atom. The maximum absolute atomic E-state index is 12.8. The van der Waals surface area contributed by atoms with Gasteiger partial charge in [-0.05, 0) is 31.0 Å². The van der Waals surface area contributed by atoms with Crippen molar-refractivity contribution in [2.45, 2.75) is 33.2 Å². The van der Waals surface area contributed by atoms with E-state index in [1.165, 1.54) is 11.3 Å². The fourth-order valence-electron chi connectivity index (χ4n) is 2.65. The lowest BCUT2D eigenvalue weighted by Crippen LogP contribution is -2.11. The van der Waals surface area contributed by atoms with Gasteiger partial charge in [0.15, 0.2) is 11.7 Å². The molecule has 3 heterocycles. The van der Waals surface area contributed by atoms with Crippen LogP contribution in [0.15, 0.2) is 30.5 Å². The van der Waals surface area contributed by atoms with Crippen LogP contribution in [0.5, 0.6) is 0 Å². The second kappa shape index (κ2) is 6.54. The third kappa shape index (κ3) is 2.95. The largest absolute Gasteiger partial charge is 0.291 e. The number of thiophene rings is 1. The van der Waals surface area contributed by atoms with Gasteiger partial charge in [-0.25, -0.2) is 0 Å². The first-order valence-corrected chi connectivity index (χ1v) is 8.64. The molecule has 0 saturated carbocycles. The standard InChI is InChI=1S/C18H18N4OS/c1-11(2)10-22-18-13(12(3)21-22)8-16(24-18)17(23)14(9-19)15-6-4-5-7-20-15/h4-8,11,14H,10H2,1-3H3. The molecule has 0 aliphatic carbocycles. The zero-order valence-corrected chi connectivity index (χ0v) is 14.7. The smallest absolute Gasteiger partial charge is 0.196 e. The van der Waals surface area contributed by atoms with Gasteiger partial charge in [-0.15, -0.1) is 11.3 Å². The van der Waals surface area contributed by atoms with Crippen LogP contribution in [-0.4, -0.2) is 20.5 Å². The van der Waals surface area contributed by atoms with E-state index in [1.807, 2.05) is 17.7 Å². The number of hydrogen-bond acceptors (Lipinski definition) is 5. The van der Waals surface area contributed by atoms with Gasteiger partial charge in [-0.2, -0.15) is 10.4 Å². The van der Waals surface area contributed by atoms with E-state index in [-0.39, 0.29) is 5.78 Å². The summed E-state index contributed by atoms with van der Waals surface area (Å²) in [4.78, 5) is 18.5. The average molecular weight is 338 g/mol. The molecule has 3 aromatic rings. The predicted octanol–water partition coefficient (Wildman–Crippen LogP) is 3.95. The number of nitriles is 1. The molecule has 0 bridgehead atoms. The minimum absolute atomic E-state index is 0.201. The lowest BCUT2D eigenvalue weighted by molar-refractivity contribution is 0.0981. The second-order valence-corrected chi connectivity index (χ2v) is 7.20. The van der Waals surface area contributed by atoms with Gasteiger partial charge in [0, 0.05) is 18.1 Å². The zero-order chi connectivity index (χ0) is 17.3. The highest BCUT2D eigenvalue weighted by atomic mass is 32.1. The fourth-order valence-corrected chi connectivity index (χ4v) is 3.79. The third-order valence-corrected chi connectivity index (χ3v) is 4.93. The summed E-state index contributed by atoms with van der Waals surface area (Å²) in [5.41, 5.74) is 1.40. The van der Waals surface area contributed by atoms with Crippen LogP contribution in [0.1, 0.15) is 40.8 Å². The van der Waals surface area contributed by atoms with E-state index in [9.17, 15) is 10.1 Å². The van der Waals surface area contributed by atoms with Crippen molar-refractivity contribution >= 4 is 27.3 Å². The van der Waals surface area contributed by atoms with E-state index < -0.39 is 5.92 Å². The van der Waals surface area contributed by atoms with Crippen LogP contribution in [0, 0.1) is 24.2 Å². The van der Waals surface area contributed by atoms with Gasteiger partial charge in [-0.3, -0.25) is 14.5 Å². The Labute approximate surface area is 144 Å². The number of hydrogen-bond donors (Lipinski definition) is 0. The predicted molar refractivity (Wildman–Crippen MR) is 94.1 cm³/mol. The molecule has 6 heteroatoms. The third-order valence-electron chi connectivity index (χ3n) is 3.76. The minimum atomic E-state index is -0.874. The van der Waals surface area contributed by atoms with Crippen LogP contribution in [0.25, 0.3) is 10.2 Å². The lowest BCUT2D eigenvalue weighted by Gasteiger charge is -2.06. The Kier molecular flexibility index (Phi) is 4.45. The molecule has 3 aromatic heterocycles. The summed E-state index contributed by atoms with van der Waals surface area (Å²) in [7, 11) is 0. The number of ketones is 1. The molecule has 122 valence electrons. The first-order valence-electron chi connectivity index (χ1n) is 7.83. The van der Waals surface area contributed by atoms with Crippen LogP contribution < -0.4 is 0 Å². The van der Waals surface area contributed by atoms with Crippen LogP contribution >= 0.6 is 11.3 Å². The quantitative estimate of drug-likeness (QED) is 0.660. The number of aryl methyl sites for hydroxylation is 1. The summed E-state index contributed by atoms with van der Waals surface area (Å²) >= 11 is 1.41. The number of fused-ring (bicyclic) bond motifs is 1. The van der Waals surface area contributed by atoms with Crippen molar-refractivity contribution in [2.24, 2.45) is 5.92 Å². The summed E-state index contributed by atoms with van der Waals surface area (Å²) in [6.45, 7) is 7.02. The Morgan fingerprint density at radius 1 is 1.42 bits per heavy atom. The summed E-state index contributed by atoms with van der Waals surface area (Å²) in [6.07, 6.45) is 1.60. The van der Waals surface area contributed by atoms with E-state index in [1.54, 1.807) is 24.4 Å². The molecule has 0 saturated heterocycles. The van der Waals surface area contributed by atoms with Crippen molar-refractivity contribution in [1.82, 2.24) is 14.8 Å². The van der Waals surface area contributed by atoms with Crippen molar-refractivity contribution in [2.75, 3.05) is 0 Å². The molecule has 0 spiro atoms. The van der Waals surface area contributed by atoms with Gasteiger partial charge in [0.1, 0.15) is 4.83 Å². The molecule has 0 aliphatic heterocycles. The number of carbonyl (C=O) groups excluding carboxylic acids is 1. The van der Waals surface area contributed by atoms with Gasteiger partial charge >= 0.3 is 0 Å². The molecule has 24 heavy (non-hydrogen) atoms. The Bertz CT molecular complexity index is 918. The maximum Gasteiger partial charge on any atom is 0.196 e. The number of aromatic nitrogens is 3. The van der Waals surface area contributed by atoms with Crippen molar-refractivity contribution in [1.29, 1.82) is 5.26 Å². The van der Waals surface area contributed by atoms with Crippen molar-refractivity contribution < 1.29 is 4.79 Å². The Hall–Kier alpha value is -2.52. The van der Waals surface area contributed by atoms with Crippen LogP contribution in [0.2, 0.25) is 0 Å². The van der Waals surface area contributed by atoms with Crippen LogP contribution in [0.4, 0.5) is 0 Å². The molecule has 0 aliphatic rings. The van der Waals surface area contributed by atoms with Gasteiger partial charge < -0.3 is 0 Å². The van der Waals surface area contributed by atoms with E-state index >= 15 is 0 Å². The summed E-state index contributed by atoms with van der Waals surface area (Å²) < 4.78 is 1.96. The van der Waals surface area contributed by atoms with Crippen LogP contribution in [-0.2, 0) is 6.54 Å². The highest BCUT2D eigenvalue weighted by molar-refractivity contribution is 7.20. The molecule has 0 amide bonds. The second-order valence-electron chi connectivity index (χ2n) is 6.17. The van der Waals surface area contributed by atoms with E-state index in [0.29, 0.717) is 16.5 Å². The Morgan fingerprint density at radius 2 is 2.21 bits per heavy atom. The monoisotopic (exact) mass is 338 g/mol. The van der Waals surface area contributed by atoms with Gasteiger partial charge in [0.25, 0.3) is 0 Å². The summed E-state index contributed by atoms with van der Waals surface area (Å²) in [5, 5.41) is 15.0. The first-order chi connectivity index (χ1) is 11.5. The summed E-state index contributed by atoms with van der Waals surface area (Å²) in [5.74, 6) is -0.609. The highest BCUT2D eigenvalue weighted by Gasteiger charge is 2.26. The number of Topliss-reactive ketones (excluding diaryl/α,β-unsaturated/α-hetero) is 1. The average Bonchev–Trinajstić information content (AvgIpc) is 3.11. The molecular weight excluding hydrogens is 320 g/mol. The minimum Gasteiger partial charge on any atom is -0.291 e. The molecule has 0 aromatic carbocycles. The van der Waals surface area contributed by atoms with E-state index in [0.717, 1.165) is 22.5 Å². The van der Waals surface area contributed by atoms with Crippen molar-refractivity contribution in [3.63, 3.8) is 0 Å². The maximum atomic E-state index is 12.8. The SMILES string of the molecule is Cc1nn(CC(C)C)c2sc(C(=O)C(C#N)c3ccccn3)cc12.